The Morgan fingerprint density at radius 3 is 2.91 bits per heavy atom. The van der Waals surface area contributed by atoms with Gasteiger partial charge in [-0.3, -0.25) is 4.79 Å². The molecule has 3 heterocycles. The fourth-order valence-corrected chi connectivity index (χ4v) is 2.93. The molecule has 0 unspecified atom stereocenters. The van der Waals surface area contributed by atoms with E-state index in [4.69, 9.17) is 4.74 Å². The Morgan fingerprint density at radius 1 is 1.43 bits per heavy atom. The van der Waals surface area contributed by atoms with Gasteiger partial charge in [-0.25, -0.2) is 4.98 Å². The van der Waals surface area contributed by atoms with Crippen LogP contribution in [-0.4, -0.2) is 48.1 Å². The number of pyridine rings is 1. The van der Waals surface area contributed by atoms with Crippen LogP contribution in [0.1, 0.15) is 12.0 Å². The summed E-state index contributed by atoms with van der Waals surface area (Å²) in [6.07, 6.45) is -1.75. The second-order valence-electron chi connectivity index (χ2n) is 5.52. The fourth-order valence-electron chi connectivity index (χ4n) is 2.93. The average molecular weight is 327 g/mol. The van der Waals surface area contributed by atoms with Crippen LogP contribution < -0.4 is 9.64 Å². The van der Waals surface area contributed by atoms with Crippen LogP contribution in [0, 0.1) is 0 Å². The number of alkyl halides is 3. The van der Waals surface area contributed by atoms with E-state index >= 15 is 0 Å². The van der Waals surface area contributed by atoms with Gasteiger partial charge in [0, 0.05) is 32.3 Å². The van der Waals surface area contributed by atoms with Crippen molar-refractivity contribution in [1.29, 1.82) is 0 Å². The van der Waals surface area contributed by atoms with Crippen molar-refractivity contribution in [3.63, 3.8) is 0 Å². The molecule has 0 aliphatic carbocycles. The molecule has 1 aromatic heterocycles. The highest BCUT2D eigenvalue weighted by Crippen LogP contribution is 2.37. The maximum Gasteiger partial charge on any atom is 0.418 e. The molecule has 8 heteroatoms. The first-order valence-electron chi connectivity index (χ1n) is 7.28. The topological polar surface area (TPSA) is 45.7 Å². The van der Waals surface area contributed by atoms with Crippen LogP contribution in [0.5, 0.6) is 5.75 Å². The highest BCUT2D eigenvalue weighted by molar-refractivity contribution is 5.87. The van der Waals surface area contributed by atoms with E-state index in [0.29, 0.717) is 31.9 Å². The van der Waals surface area contributed by atoms with E-state index in [1.807, 2.05) is 4.90 Å². The third kappa shape index (κ3) is 2.97. The first kappa shape index (κ1) is 15.6. The lowest BCUT2D eigenvalue weighted by atomic mass is 10.1. The number of fused-ring (bicyclic) bond motifs is 3. The molecule has 0 spiro atoms. The molecule has 1 atom stereocenters. The van der Waals surface area contributed by atoms with Crippen LogP contribution in [0.15, 0.2) is 24.9 Å². The Kier molecular flexibility index (Phi) is 3.91. The zero-order valence-electron chi connectivity index (χ0n) is 12.3. The number of anilines is 1. The number of piperazine rings is 1. The molecule has 5 nitrogen and oxygen atoms in total. The summed E-state index contributed by atoms with van der Waals surface area (Å²) >= 11 is 0. The zero-order chi connectivity index (χ0) is 16.6. The number of carbonyl (C=O) groups is 1. The summed E-state index contributed by atoms with van der Waals surface area (Å²) in [5.41, 5.74) is -0.824. The first-order valence-corrected chi connectivity index (χ1v) is 7.28. The number of hydrogen-bond donors (Lipinski definition) is 0. The molecular formula is C15H16F3N3O2. The van der Waals surface area contributed by atoms with Crippen LogP contribution in [0.3, 0.4) is 0 Å². The third-order valence-electron chi connectivity index (χ3n) is 4.11. The van der Waals surface area contributed by atoms with E-state index in [1.54, 1.807) is 4.90 Å². The number of halogens is 3. The molecule has 124 valence electrons. The lowest BCUT2D eigenvalue weighted by Gasteiger charge is -2.40. The number of aromatic nitrogens is 1. The second-order valence-corrected chi connectivity index (χ2v) is 5.52. The number of ether oxygens (including phenoxy) is 1. The molecule has 0 saturated carbocycles. The Balaban J connectivity index is 1.88. The van der Waals surface area contributed by atoms with Gasteiger partial charge in [0.1, 0.15) is 0 Å². The Hall–Kier alpha value is -2.25. The highest BCUT2D eigenvalue weighted by Gasteiger charge is 2.36. The lowest BCUT2D eigenvalue weighted by Crippen LogP contribution is -2.54. The third-order valence-corrected chi connectivity index (χ3v) is 4.11. The van der Waals surface area contributed by atoms with Gasteiger partial charge in [0.15, 0.2) is 11.6 Å². The van der Waals surface area contributed by atoms with E-state index in [0.717, 1.165) is 12.3 Å². The predicted octanol–water partition coefficient (Wildman–Crippen LogP) is 2.09. The molecular weight excluding hydrogens is 311 g/mol. The summed E-state index contributed by atoms with van der Waals surface area (Å²) in [5, 5.41) is 0. The lowest BCUT2D eigenvalue weighted by molar-refractivity contribution is -0.138. The summed E-state index contributed by atoms with van der Waals surface area (Å²) in [4.78, 5) is 19.3. The number of carbonyl (C=O) groups excluding carboxylic acids is 1. The molecule has 1 fully saturated rings. The smallest absolute Gasteiger partial charge is 0.418 e. The monoisotopic (exact) mass is 327 g/mol. The van der Waals surface area contributed by atoms with Crippen LogP contribution in [0.4, 0.5) is 19.0 Å². The summed E-state index contributed by atoms with van der Waals surface area (Å²) < 4.78 is 43.9. The van der Waals surface area contributed by atoms with Crippen LogP contribution in [-0.2, 0) is 11.0 Å². The molecule has 0 aromatic carbocycles. The number of rotatable bonds is 1. The molecule has 23 heavy (non-hydrogen) atoms. The maximum absolute atomic E-state index is 12.8. The van der Waals surface area contributed by atoms with Crippen molar-refractivity contribution in [1.82, 2.24) is 9.88 Å². The standard InChI is InChI=1S/C15H16F3N3O2/c1-2-13(22)20-4-5-21-11(9-20)3-6-23-12-7-10(15(16,17)18)8-19-14(12)21/h2,7-8,11H,1,3-6,9H2/t11-/m0/s1. The van der Waals surface area contributed by atoms with Gasteiger partial charge in [0.05, 0.1) is 18.2 Å². The summed E-state index contributed by atoms with van der Waals surface area (Å²) in [6, 6.07) is 0.963. The summed E-state index contributed by atoms with van der Waals surface area (Å²) in [7, 11) is 0. The minimum atomic E-state index is -4.45. The van der Waals surface area contributed by atoms with Gasteiger partial charge in [0.25, 0.3) is 0 Å². The minimum absolute atomic E-state index is 0.0295. The van der Waals surface area contributed by atoms with Gasteiger partial charge in [-0.05, 0) is 12.1 Å². The van der Waals surface area contributed by atoms with Crippen LogP contribution >= 0.6 is 0 Å². The van der Waals surface area contributed by atoms with Crippen molar-refractivity contribution in [2.75, 3.05) is 31.1 Å². The van der Waals surface area contributed by atoms with Gasteiger partial charge in [0.2, 0.25) is 5.91 Å². The molecule has 1 amide bonds. The Labute approximate surface area is 131 Å². The van der Waals surface area contributed by atoms with Gasteiger partial charge < -0.3 is 14.5 Å². The van der Waals surface area contributed by atoms with Crippen molar-refractivity contribution >= 4 is 11.7 Å². The van der Waals surface area contributed by atoms with Crippen molar-refractivity contribution in [3.05, 3.63) is 30.5 Å². The largest absolute Gasteiger partial charge is 0.490 e. The van der Waals surface area contributed by atoms with Crippen LogP contribution in [0.2, 0.25) is 0 Å². The van der Waals surface area contributed by atoms with E-state index < -0.39 is 11.7 Å². The number of amides is 1. The molecule has 3 rings (SSSR count). The maximum atomic E-state index is 12.8. The molecule has 0 bridgehead atoms. The number of nitrogens with zero attached hydrogens (tertiary/aromatic N) is 3. The zero-order valence-corrected chi connectivity index (χ0v) is 12.3. The van der Waals surface area contributed by atoms with Crippen LogP contribution in [0.25, 0.3) is 0 Å². The predicted molar refractivity (Wildman–Crippen MR) is 77.3 cm³/mol. The normalized spacial score (nSPS) is 20.9. The quantitative estimate of drug-likeness (QED) is 0.741. The number of hydrogen-bond acceptors (Lipinski definition) is 4. The molecule has 0 radical (unpaired) electrons. The molecule has 2 aliphatic heterocycles. The Bertz CT molecular complexity index is 633. The average Bonchev–Trinajstić information content (AvgIpc) is 2.71. The van der Waals surface area contributed by atoms with E-state index in [1.165, 1.54) is 6.08 Å². The molecule has 1 aromatic rings. The highest BCUT2D eigenvalue weighted by atomic mass is 19.4. The van der Waals surface area contributed by atoms with Crippen molar-refractivity contribution < 1.29 is 22.7 Å². The molecule has 1 saturated heterocycles. The van der Waals surface area contributed by atoms with E-state index in [-0.39, 0.29) is 24.3 Å². The summed E-state index contributed by atoms with van der Waals surface area (Å²) in [5.74, 6) is 0.410. The minimum Gasteiger partial charge on any atom is -0.490 e. The first-order chi connectivity index (χ1) is 10.9. The molecule has 2 aliphatic rings. The second kappa shape index (κ2) is 5.75. The van der Waals surface area contributed by atoms with Gasteiger partial charge in [-0.1, -0.05) is 6.58 Å². The van der Waals surface area contributed by atoms with Gasteiger partial charge in [-0.15, -0.1) is 0 Å². The van der Waals surface area contributed by atoms with Crippen molar-refractivity contribution in [3.8, 4) is 5.75 Å². The van der Waals surface area contributed by atoms with E-state index in [2.05, 4.69) is 11.6 Å². The van der Waals surface area contributed by atoms with E-state index in [9.17, 15) is 18.0 Å². The van der Waals surface area contributed by atoms with Gasteiger partial charge >= 0.3 is 6.18 Å². The summed E-state index contributed by atoms with van der Waals surface area (Å²) in [6.45, 7) is 5.22. The van der Waals surface area contributed by atoms with Crippen molar-refractivity contribution in [2.24, 2.45) is 0 Å². The fraction of sp³-hybridized carbons (Fsp3) is 0.467. The SMILES string of the molecule is C=CC(=O)N1CCN2c3ncc(C(F)(F)F)cc3OCC[C@H]2C1. The Morgan fingerprint density at radius 2 is 2.22 bits per heavy atom. The van der Waals surface area contributed by atoms with Crippen molar-refractivity contribution in [2.45, 2.75) is 18.6 Å². The molecule has 0 N–H and O–H groups in total. The van der Waals surface area contributed by atoms with Gasteiger partial charge in [-0.2, -0.15) is 13.2 Å².